The summed E-state index contributed by atoms with van der Waals surface area (Å²) in [7, 11) is 0. The molecule has 1 aromatic carbocycles. The smallest absolute Gasteiger partial charge is 0.227 e. The number of hydrogen-bond acceptors (Lipinski definition) is 5. The topological polar surface area (TPSA) is 69.5 Å². The van der Waals surface area contributed by atoms with E-state index in [1.165, 1.54) is 0 Å². The predicted octanol–water partition coefficient (Wildman–Crippen LogP) is 1.65. The third kappa shape index (κ3) is 3.04. The lowest BCUT2D eigenvalue weighted by Gasteiger charge is -2.35. The Balaban J connectivity index is 1.37. The minimum Gasteiger partial charge on any atom is -0.381 e. The van der Waals surface area contributed by atoms with Crippen molar-refractivity contribution in [1.82, 2.24) is 19.7 Å². The number of amides is 1. The molecule has 0 bridgehead atoms. The largest absolute Gasteiger partial charge is 0.381 e. The van der Waals surface area contributed by atoms with Crippen molar-refractivity contribution >= 4 is 5.91 Å². The summed E-state index contributed by atoms with van der Waals surface area (Å²) in [4.78, 5) is 19.7. The molecule has 7 heteroatoms. The zero-order valence-electron chi connectivity index (χ0n) is 15.3. The van der Waals surface area contributed by atoms with Crippen LogP contribution in [0.4, 0.5) is 0 Å². The molecule has 7 nitrogen and oxygen atoms in total. The summed E-state index contributed by atoms with van der Waals surface area (Å²) >= 11 is 0. The van der Waals surface area contributed by atoms with Crippen molar-refractivity contribution in [2.45, 2.75) is 25.4 Å². The van der Waals surface area contributed by atoms with Crippen molar-refractivity contribution in [1.29, 1.82) is 0 Å². The summed E-state index contributed by atoms with van der Waals surface area (Å²) in [6.45, 7) is 3.79. The van der Waals surface area contributed by atoms with E-state index in [4.69, 9.17) is 9.47 Å². The van der Waals surface area contributed by atoms with Gasteiger partial charge in [0.05, 0.1) is 26.4 Å². The molecule has 3 fully saturated rings. The Kier molecular flexibility index (Phi) is 4.21. The quantitative estimate of drug-likeness (QED) is 0.821. The first-order valence-corrected chi connectivity index (χ1v) is 9.64. The molecule has 1 spiro atoms. The Morgan fingerprint density at radius 2 is 2.11 bits per heavy atom. The van der Waals surface area contributed by atoms with E-state index in [-0.39, 0.29) is 23.3 Å². The fourth-order valence-corrected chi connectivity index (χ4v) is 4.45. The van der Waals surface area contributed by atoms with Gasteiger partial charge in [0.15, 0.2) is 5.82 Å². The second-order valence-electron chi connectivity index (χ2n) is 7.81. The van der Waals surface area contributed by atoms with Gasteiger partial charge in [-0.25, -0.2) is 9.67 Å². The fraction of sp³-hybridized carbons (Fsp3) is 0.550. The molecule has 1 amide bonds. The van der Waals surface area contributed by atoms with E-state index in [1.807, 2.05) is 27.8 Å². The lowest BCUT2D eigenvalue weighted by molar-refractivity contribution is -0.143. The fourth-order valence-electron chi connectivity index (χ4n) is 4.45. The Morgan fingerprint density at radius 3 is 2.93 bits per heavy atom. The Hall–Kier alpha value is -2.25. The van der Waals surface area contributed by atoms with Crippen molar-refractivity contribution < 1.29 is 14.3 Å². The van der Waals surface area contributed by atoms with Crippen molar-refractivity contribution in [2.24, 2.45) is 11.3 Å². The Labute approximate surface area is 158 Å². The maximum atomic E-state index is 13.3. The van der Waals surface area contributed by atoms with Crippen molar-refractivity contribution in [3.05, 3.63) is 48.0 Å². The Bertz CT molecular complexity index is 816. The molecule has 2 saturated heterocycles. The Morgan fingerprint density at radius 1 is 1.22 bits per heavy atom. The monoisotopic (exact) mass is 368 g/mol. The van der Waals surface area contributed by atoms with Crippen molar-refractivity contribution in [2.75, 3.05) is 33.0 Å². The third-order valence-corrected chi connectivity index (χ3v) is 6.15. The van der Waals surface area contributed by atoms with Gasteiger partial charge in [-0.3, -0.25) is 4.79 Å². The van der Waals surface area contributed by atoms with Crippen LogP contribution in [0.3, 0.4) is 0 Å². The van der Waals surface area contributed by atoms with E-state index in [2.05, 4.69) is 22.2 Å². The van der Waals surface area contributed by atoms with Crippen LogP contribution in [0.2, 0.25) is 0 Å². The summed E-state index contributed by atoms with van der Waals surface area (Å²) in [6, 6.07) is 9.99. The molecule has 142 valence electrons. The first-order chi connectivity index (χ1) is 13.3. The molecule has 3 unspecified atom stereocenters. The number of hydrogen-bond donors (Lipinski definition) is 0. The summed E-state index contributed by atoms with van der Waals surface area (Å²) in [5, 5.41) is 4.40. The molecular weight excluding hydrogens is 344 g/mol. The van der Waals surface area contributed by atoms with Crippen LogP contribution in [0.5, 0.6) is 0 Å². The molecular formula is C20H24N4O3. The lowest BCUT2D eigenvalue weighted by Crippen LogP contribution is -2.45. The average Bonchev–Trinajstić information content (AvgIpc) is 3.01. The van der Waals surface area contributed by atoms with Gasteiger partial charge in [0, 0.05) is 24.5 Å². The number of carbonyl (C=O) groups excluding carboxylic acids is 1. The van der Waals surface area contributed by atoms with Gasteiger partial charge in [-0.15, -0.1) is 0 Å². The maximum Gasteiger partial charge on any atom is 0.227 e. The minimum atomic E-state index is -0.183. The second-order valence-corrected chi connectivity index (χ2v) is 7.81. The lowest BCUT2D eigenvalue weighted by atomic mass is 10.0. The van der Waals surface area contributed by atoms with Gasteiger partial charge in [-0.2, -0.15) is 5.10 Å². The van der Waals surface area contributed by atoms with E-state index >= 15 is 0 Å². The number of benzene rings is 1. The highest BCUT2D eigenvalue weighted by molar-refractivity contribution is 5.83. The zero-order chi connectivity index (χ0) is 18.3. The van der Waals surface area contributed by atoms with Gasteiger partial charge in [0.25, 0.3) is 0 Å². The minimum absolute atomic E-state index is 0.0890. The van der Waals surface area contributed by atoms with Gasteiger partial charge < -0.3 is 14.4 Å². The van der Waals surface area contributed by atoms with E-state index < -0.39 is 0 Å². The number of aromatic nitrogens is 3. The predicted molar refractivity (Wildman–Crippen MR) is 96.8 cm³/mol. The SMILES string of the molecule is O=C(C1CC12CCOC2)N1CCOCC1c1ncnn1Cc1ccccc1. The van der Waals surface area contributed by atoms with E-state index in [1.54, 1.807) is 6.33 Å². The summed E-state index contributed by atoms with van der Waals surface area (Å²) in [5.41, 5.74) is 1.25. The molecule has 0 radical (unpaired) electrons. The normalized spacial score (nSPS) is 30.0. The number of ether oxygens (including phenoxy) is 2. The molecule has 1 aromatic heterocycles. The van der Waals surface area contributed by atoms with E-state index in [9.17, 15) is 4.79 Å². The molecule has 3 heterocycles. The van der Waals surface area contributed by atoms with E-state index in [0.717, 1.165) is 37.4 Å². The average molecular weight is 368 g/mol. The number of nitrogens with zero attached hydrogens (tertiary/aromatic N) is 4. The first kappa shape index (κ1) is 16.9. The van der Waals surface area contributed by atoms with Crippen LogP contribution in [0, 0.1) is 11.3 Å². The highest BCUT2D eigenvalue weighted by Gasteiger charge is 2.61. The van der Waals surface area contributed by atoms with Gasteiger partial charge in [0.2, 0.25) is 5.91 Å². The van der Waals surface area contributed by atoms with Gasteiger partial charge in [0.1, 0.15) is 12.4 Å². The standard InChI is InChI=1S/C20H24N4O3/c25-19(16-10-20(16)6-8-27-13-20)23-7-9-26-12-17(23)18-21-14-22-24(18)11-15-4-2-1-3-5-15/h1-5,14,16-17H,6-13H2. The van der Waals surface area contributed by atoms with Crippen LogP contribution in [0.25, 0.3) is 0 Å². The third-order valence-electron chi connectivity index (χ3n) is 6.15. The molecule has 3 atom stereocenters. The summed E-state index contributed by atoms with van der Waals surface area (Å²) in [5.74, 6) is 1.11. The highest BCUT2D eigenvalue weighted by Crippen LogP contribution is 2.59. The van der Waals surface area contributed by atoms with E-state index in [0.29, 0.717) is 26.3 Å². The molecule has 3 aliphatic rings. The molecule has 2 aromatic rings. The van der Waals surface area contributed by atoms with Crippen molar-refractivity contribution in [3.8, 4) is 0 Å². The number of morpholine rings is 1. The highest BCUT2D eigenvalue weighted by atomic mass is 16.5. The van der Waals surface area contributed by atoms with Gasteiger partial charge in [-0.1, -0.05) is 30.3 Å². The number of rotatable bonds is 4. The summed E-state index contributed by atoms with van der Waals surface area (Å²) in [6.07, 6.45) is 3.52. The first-order valence-electron chi connectivity index (χ1n) is 9.64. The molecule has 27 heavy (non-hydrogen) atoms. The zero-order valence-corrected chi connectivity index (χ0v) is 15.3. The molecule has 5 rings (SSSR count). The molecule has 2 aliphatic heterocycles. The van der Waals surface area contributed by atoms with Crippen LogP contribution in [-0.4, -0.2) is 58.5 Å². The van der Waals surface area contributed by atoms with Crippen molar-refractivity contribution in [3.63, 3.8) is 0 Å². The van der Waals surface area contributed by atoms with Crippen LogP contribution in [0.1, 0.15) is 30.3 Å². The second kappa shape index (κ2) is 6.73. The van der Waals surface area contributed by atoms with Crippen LogP contribution < -0.4 is 0 Å². The maximum absolute atomic E-state index is 13.3. The molecule has 1 aliphatic carbocycles. The van der Waals surface area contributed by atoms with Crippen LogP contribution in [-0.2, 0) is 20.8 Å². The van der Waals surface area contributed by atoms with Crippen LogP contribution >= 0.6 is 0 Å². The van der Waals surface area contributed by atoms with Gasteiger partial charge >= 0.3 is 0 Å². The number of carbonyl (C=O) groups is 1. The molecule has 0 N–H and O–H groups in total. The molecule has 1 saturated carbocycles. The van der Waals surface area contributed by atoms with Crippen LogP contribution in [0.15, 0.2) is 36.7 Å². The van der Waals surface area contributed by atoms with Gasteiger partial charge in [-0.05, 0) is 18.4 Å². The summed E-state index contributed by atoms with van der Waals surface area (Å²) < 4.78 is 13.1.